The number of hydrogen-bond donors (Lipinski definition) is 1. The van der Waals surface area contributed by atoms with Crippen molar-refractivity contribution in [2.24, 2.45) is 5.41 Å². The van der Waals surface area contributed by atoms with Gasteiger partial charge < -0.3 is 5.32 Å². The molecule has 0 radical (unpaired) electrons. The summed E-state index contributed by atoms with van der Waals surface area (Å²) in [4.78, 5) is 0. The van der Waals surface area contributed by atoms with Crippen LogP contribution in [0, 0.1) is 5.41 Å². The summed E-state index contributed by atoms with van der Waals surface area (Å²) in [6, 6.07) is 0.615. The first-order valence-corrected chi connectivity index (χ1v) is 4.48. The average molecular weight is 153 g/mol. The third-order valence-corrected chi connectivity index (χ3v) is 1.92. The van der Waals surface area contributed by atoms with Crippen molar-refractivity contribution in [3.8, 4) is 0 Å². The van der Waals surface area contributed by atoms with Gasteiger partial charge in [0.05, 0.1) is 0 Å². The van der Waals surface area contributed by atoms with E-state index < -0.39 is 0 Å². The molecule has 0 saturated heterocycles. The molecule has 0 saturated carbocycles. The second-order valence-corrected chi connectivity index (χ2v) is 4.54. The molecule has 1 N–H and O–H groups in total. The maximum absolute atomic E-state index is 3.49. The van der Waals surface area contributed by atoms with E-state index in [0.29, 0.717) is 11.5 Å². The highest BCUT2D eigenvalue weighted by molar-refractivity contribution is 4.99. The Morgan fingerprint density at radius 3 is 2.64 bits per heavy atom. The molecule has 0 spiro atoms. The van der Waals surface area contributed by atoms with Gasteiger partial charge >= 0.3 is 0 Å². The van der Waals surface area contributed by atoms with Crippen LogP contribution in [0.1, 0.15) is 33.6 Å². The van der Waals surface area contributed by atoms with Gasteiger partial charge in [0, 0.05) is 6.04 Å². The molecule has 1 aliphatic rings. The van der Waals surface area contributed by atoms with Crippen LogP contribution in [-0.2, 0) is 0 Å². The van der Waals surface area contributed by atoms with Gasteiger partial charge in [-0.1, -0.05) is 32.9 Å². The van der Waals surface area contributed by atoms with Crippen LogP contribution in [0.3, 0.4) is 0 Å². The van der Waals surface area contributed by atoms with Crippen molar-refractivity contribution < 1.29 is 0 Å². The van der Waals surface area contributed by atoms with Crippen molar-refractivity contribution in [2.45, 2.75) is 39.7 Å². The van der Waals surface area contributed by atoms with Crippen LogP contribution >= 0.6 is 0 Å². The molecule has 1 atom stereocenters. The molecular weight excluding hydrogens is 134 g/mol. The Morgan fingerprint density at radius 2 is 2.18 bits per heavy atom. The zero-order valence-electron chi connectivity index (χ0n) is 7.85. The summed E-state index contributed by atoms with van der Waals surface area (Å²) in [5, 5.41) is 3.49. The van der Waals surface area contributed by atoms with Gasteiger partial charge in [-0.15, -0.1) is 0 Å². The van der Waals surface area contributed by atoms with Crippen molar-refractivity contribution >= 4 is 0 Å². The van der Waals surface area contributed by atoms with Crippen molar-refractivity contribution in [2.75, 3.05) is 6.54 Å². The molecule has 1 nitrogen and oxygen atoms in total. The molecule has 0 aromatic heterocycles. The molecule has 0 aromatic carbocycles. The Kier molecular flexibility index (Phi) is 2.72. The van der Waals surface area contributed by atoms with Crippen LogP contribution in [0.4, 0.5) is 0 Å². The summed E-state index contributed by atoms with van der Waals surface area (Å²) < 4.78 is 0. The second-order valence-electron chi connectivity index (χ2n) is 4.54. The van der Waals surface area contributed by atoms with Gasteiger partial charge in [0.25, 0.3) is 0 Å². The molecule has 0 aliphatic carbocycles. The fraction of sp³-hybridized carbons (Fsp3) is 0.800. The van der Waals surface area contributed by atoms with Crippen LogP contribution in [0.15, 0.2) is 12.2 Å². The molecule has 1 heteroatoms. The standard InChI is InChI=1S/C10H19N/c1-10(2,3)8-9-6-4-5-7-11-9/h4,6,9,11H,5,7-8H2,1-3H3. The van der Waals surface area contributed by atoms with E-state index in [0.717, 1.165) is 6.54 Å². The minimum atomic E-state index is 0.444. The van der Waals surface area contributed by atoms with E-state index in [1.54, 1.807) is 0 Å². The van der Waals surface area contributed by atoms with E-state index >= 15 is 0 Å². The SMILES string of the molecule is CC(C)(C)CC1C=CCCN1. The van der Waals surface area contributed by atoms with Gasteiger partial charge in [-0.25, -0.2) is 0 Å². The Hall–Kier alpha value is -0.300. The summed E-state index contributed by atoms with van der Waals surface area (Å²) >= 11 is 0. The summed E-state index contributed by atoms with van der Waals surface area (Å²) in [5.74, 6) is 0. The predicted molar refractivity (Wildman–Crippen MR) is 49.6 cm³/mol. The van der Waals surface area contributed by atoms with E-state index in [9.17, 15) is 0 Å². The zero-order valence-corrected chi connectivity index (χ0v) is 7.85. The molecule has 1 heterocycles. The lowest BCUT2D eigenvalue weighted by molar-refractivity contribution is 0.332. The maximum atomic E-state index is 3.49. The van der Waals surface area contributed by atoms with Crippen molar-refractivity contribution in [1.29, 1.82) is 0 Å². The maximum Gasteiger partial charge on any atom is 0.0255 e. The van der Waals surface area contributed by atoms with Crippen LogP contribution in [0.2, 0.25) is 0 Å². The monoisotopic (exact) mass is 153 g/mol. The molecule has 64 valence electrons. The molecule has 0 bridgehead atoms. The van der Waals surface area contributed by atoms with Gasteiger partial charge in [-0.3, -0.25) is 0 Å². The van der Waals surface area contributed by atoms with Crippen LogP contribution in [-0.4, -0.2) is 12.6 Å². The third kappa shape index (κ3) is 3.57. The summed E-state index contributed by atoms with van der Waals surface area (Å²) in [6.45, 7) is 8.02. The van der Waals surface area contributed by atoms with Gasteiger partial charge in [0.15, 0.2) is 0 Å². The van der Waals surface area contributed by atoms with Gasteiger partial charge in [0.1, 0.15) is 0 Å². The van der Waals surface area contributed by atoms with Gasteiger partial charge in [-0.2, -0.15) is 0 Å². The van der Waals surface area contributed by atoms with E-state index in [4.69, 9.17) is 0 Å². The summed E-state index contributed by atoms with van der Waals surface area (Å²) in [7, 11) is 0. The molecule has 0 amide bonds. The first-order valence-electron chi connectivity index (χ1n) is 4.48. The lowest BCUT2D eigenvalue weighted by Crippen LogP contribution is -2.33. The first-order chi connectivity index (χ1) is 5.08. The first kappa shape index (κ1) is 8.79. The van der Waals surface area contributed by atoms with Gasteiger partial charge in [-0.05, 0) is 24.8 Å². The molecule has 1 aliphatic heterocycles. The van der Waals surface area contributed by atoms with E-state index in [-0.39, 0.29) is 0 Å². The third-order valence-electron chi connectivity index (χ3n) is 1.92. The fourth-order valence-corrected chi connectivity index (χ4v) is 1.48. The number of nitrogens with one attached hydrogen (secondary N) is 1. The topological polar surface area (TPSA) is 12.0 Å². The quantitative estimate of drug-likeness (QED) is 0.570. The smallest absolute Gasteiger partial charge is 0.0255 e. The molecule has 1 rings (SSSR count). The Labute approximate surface area is 69.9 Å². The number of hydrogen-bond acceptors (Lipinski definition) is 1. The highest BCUT2D eigenvalue weighted by Crippen LogP contribution is 2.22. The van der Waals surface area contributed by atoms with Crippen molar-refractivity contribution in [3.05, 3.63) is 12.2 Å². The lowest BCUT2D eigenvalue weighted by atomic mass is 9.87. The van der Waals surface area contributed by atoms with Gasteiger partial charge in [0.2, 0.25) is 0 Å². The highest BCUT2D eigenvalue weighted by atomic mass is 14.9. The average Bonchev–Trinajstić information content (AvgIpc) is 1.85. The second kappa shape index (κ2) is 3.40. The molecule has 0 aromatic rings. The Morgan fingerprint density at radius 1 is 1.45 bits per heavy atom. The van der Waals surface area contributed by atoms with Crippen LogP contribution < -0.4 is 5.32 Å². The summed E-state index contributed by atoms with van der Waals surface area (Å²) in [6.07, 6.45) is 7.02. The van der Waals surface area contributed by atoms with Crippen molar-refractivity contribution in [1.82, 2.24) is 5.32 Å². The normalized spacial score (nSPS) is 25.5. The van der Waals surface area contributed by atoms with Crippen LogP contribution in [0.25, 0.3) is 0 Å². The van der Waals surface area contributed by atoms with E-state index in [2.05, 4.69) is 38.2 Å². The minimum Gasteiger partial charge on any atom is -0.310 e. The van der Waals surface area contributed by atoms with Crippen molar-refractivity contribution in [3.63, 3.8) is 0 Å². The summed E-state index contributed by atoms with van der Waals surface area (Å²) in [5.41, 5.74) is 0.444. The van der Waals surface area contributed by atoms with E-state index in [1.807, 2.05) is 0 Å². The molecular formula is C10H19N. The predicted octanol–water partition coefficient (Wildman–Crippen LogP) is 2.34. The lowest BCUT2D eigenvalue weighted by Gasteiger charge is -2.26. The molecule has 0 fully saturated rings. The minimum absolute atomic E-state index is 0.444. The largest absolute Gasteiger partial charge is 0.310 e. The highest BCUT2D eigenvalue weighted by Gasteiger charge is 2.16. The number of rotatable bonds is 1. The molecule has 1 unspecified atom stereocenters. The molecule has 11 heavy (non-hydrogen) atoms. The van der Waals surface area contributed by atoms with Crippen LogP contribution in [0.5, 0.6) is 0 Å². The Balaban J connectivity index is 2.36. The zero-order chi connectivity index (χ0) is 8.32. The fourth-order valence-electron chi connectivity index (χ4n) is 1.48. The van der Waals surface area contributed by atoms with E-state index in [1.165, 1.54) is 12.8 Å². The Bertz CT molecular complexity index is 141.